The van der Waals surface area contributed by atoms with Crippen LogP contribution in [0.3, 0.4) is 0 Å². The summed E-state index contributed by atoms with van der Waals surface area (Å²) in [4.78, 5) is 29.3. The van der Waals surface area contributed by atoms with Crippen LogP contribution in [0.4, 0.5) is 5.69 Å². The number of thioether (sulfide) groups is 1. The van der Waals surface area contributed by atoms with Gasteiger partial charge in [-0.2, -0.15) is 0 Å². The van der Waals surface area contributed by atoms with Crippen molar-refractivity contribution in [3.63, 3.8) is 0 Å². The van der Waals surface area contributed by atoms with Crippen molar-refractivity contribution < 1.29 is 9.59 Å². The second-order valence-corrected chi connectivity index (χ2v) is 10.1. The number of carbonyl (C=O) groups is 2. The molecule has 7 nitrogen and oxygen atoms in total. The lowest BCUT2D eigenvalue weighted by Crippen LogP contribution is -2.27. The Bertz CT molecular complexity index is 1300. The Hall–Kier alpha value is -3.78. The summed E-state index contributed by atoms with van der Waals surface area (Å²) >= 11 is 1.35. The van der Waals surface area contributed by atoms with E-state index in [1.54, 1.807) is 36.7 Å². The highest BCUT2D eigenvalue weighted by atomic mass is 32.2. The first-order chi connectivity index (χ1) is 16.8. The summed E-state index contributed by atoms with van der Waals surface area (Å²) in [5, 5.41) is 12.3. The van der Waals surface area contributed by atoms with Gasteiger partial charge < -0.3 is 5.32 Å². The van der Waals surface area contributed by atoms with Crippen LogP contribution in [0.15, 0.2) is 84.3 Å². The minimum atomic E-state index is -0.491. The van der Waals surface area contributed by atoms with E-state index in [9.17, 15) is 9.59 Å². The van der Waals surface area contributed by atoms with E-state index in [1.807, 2.05) is 67.8 Å². The van der Waals surface area contributed by atoms with Gasteiger partial charge in [0.2, 0.25) is 5.91 Å². The largest absolute Gasteiger partial charge is 0.326 e. The van der Waals surface area contributed by atoms with Crippen molar-refractivity contribution >= 4 is 29.1 Å². The third-order valence-corrected chi connectivity index (χ3v) is 6.27. The molecule has 0 aliphatic carbocycles. The number of hydrogen-bond donors (Lipinski definition) is 1. The van der Waals surface area contributed by atoms with Gasteiger partial charge >= 0.3 is 0 Å². The molecule has 0 saturated carbocycles. The van der Waals surface area contributed by atoms with E-state index in [4.69, 9.17) is 0 Å². The van der Waals surface area contributed by atoms with Crippen LogP contribution in [0.25, 0.3) is 11.4 Å². The van der Waals surface area contributed by atoms with Gasteiger partial charge in [0.15, 0.2) is 16.8 Å². The average Bonchev–Trinajstić information content (AvgIpc) is 3.25. The number of benzene rings is 2. The zero-order chi connectivity index (χ0) is 24.8. The molecule has 0 atom stereocenters. The monoisotopic (exact) mass is 485 g/mol. The molecular formula is C27H27N5O2S. The van der Waals surface area contributed by atoms with Gasteiger partial charge in [-0.1, -0.05) is 62.9 Å². The maximum atomic E-state index is 12.9. The van der Waals surface area contributed by atoms with Crippen LogP contribution in [-0.4, -0.2) is 37.2 Å². The molecular weight excluding hydrogens is 458 g/mol. The Labute approximate surface area is 209 Å². The van der Waals surface area contributed by atoms with Gasteiger partial charge in [-0.25, -0.2) is 0 Å². The molecule has 0 aliphatic rings. The van der Waals surface area contributed by atoms with Crippen LogP contribution in [0, 0.1) is 5.41 Å². The Morgan fingerprint density at radius 3 is 2.34 bits per heavy atom. The van der Waals surface area contributed by atoms with Crippen molar-refractivity contribution in [3.8, 4) is 11.4 Å². The SMILES string of the molecule is CC(C)(C)C(=O)Nc1ccc(C(=O)CSc2nnc(-c3cccnc3)n2Cc2ccccc2)cc1. The number of carbonyl (C=O) groups excluding carboxylic acids is 2. The second-order valence-electron chi connectivity index (χ2n) is 9.11. The molecule has 35 heavy (non-hydrogen) atoms. The predicted molar refractivity (Wildman–Crippen MR) is 138 cm³/mol. The molecule has 2 heterocycles. The van der Waals surface area contributed by atoms with Crippen LogP contribution < -0.4 is 5.32 Å². The van der Waals surface area contributed by atoms with E-state index in [1.165, 1.54) is 11.8 Å². The molecule has 2 aromatic carbocycles. The first kappa shape index (κ1) is 24.3. The number of ketones is 1. The van der Waals surface area contributed by atoms with Gasteiger partial charge in [-0.3, -0.25) is 19.1 Å². The number of anilines is 1. The van der Waals surface area contributed by atoms with Crippen LogP contribution in [0.5, 0.6) is 0 Å². The van der Waals surface area contributed by atoms with E-state index in [-0.39, 0.29) is 17.4 Å². The summed E-state index contributed by atoms with van der Waals surface area (Å²) in [6.07, 6.45) is 3.47. The summed E-state index contributed by atoms with van der Waals surface area (Å²) in [5.74, 6) is 0.819. The van der Waals surface area contributed by atoms with E-state index in [0.717, 1.165) is 11.1 Å². The van der Waals surface area contributed by atoms with Gasteiger partial charge in [-0.15, -0.1) is 10.2 Å². The lowest BCUT2D eigenvalue weighted by molar-refractivity contribution is -0.123. The Morgan fingerprint density at radius 1 is 0.943 bits per heavy atom. The number of hydrogen-bond acceptors (Lipinski definition) is 6. The molecule has 0 saturated heterocycles. The van der Waals surface area contributed by atoms with E-state index in [0.29, 0.717) is 28.8 Å². The third-order valence-electron chi connectivity index (χ3n) is 5.30. The zero-order valence-corrected chi connectivity index (χ0v) is 20.7. The lowest BCUT2D eigenvalue weighted by Gasteiger charge is -2.17. The molecule has 0 aliphatic heterocycles. The van der Waals surface area contributed by atoms with Gasteiger partial charge in [0, 0.05) is 34.6 Å². The quantitative estimate of drug-likeness (QED) is 0.267. The highest BCUT2D eigenvalue weighted by Gasteiger charge is 2.21. The van der Waals surface area contributed by atoms with Crippen molar-refractivity contribution in [1.29, 1.82) is 0 Å². The molecule has 4 aromatic rings. The summed E-state index contributed by atoms with van der Waals surface area (Å²) < 4.78 is 2.01. The molecule has 0 fully saturated rings. The number of aromatic nitrogens is 4. The van der Waals surface area contributed by atoms with Crippen LogP contribution >= 0.6 is 11.8 Å². The fourth-order valence-corrected chi connectivity index (χ4v) is 4.12. The van der Waals surface area contributed by atoms with Crippen molar-refractivity contribution in [2.24, 2.45) is 5.41 Å². The minimum absolute atomic E-state index is 0.0270. The molecule has 1 N–H and O–H groups in total. The normalized spacial score (nSPS) is 11.3. The number of pyridine rings is 1. The Kier molecular flexibility index (Phi) is 7.41. The van der Waals surface area contributed by atoms with Crippen molar-refractivity contribution in [3.05, 3.63) is 90.3 Å². The topological polar surface area (TPSA) is 89.8 Å². The number of amides is 1. The molecule has 1 amide bonds. The zero-order valence-electron chi connectivity index (χ0n) is 19.9. The molecule has 0 radical (unpaired) electrons. The Morgan fingerprint density at radius 2 is 1.69 bits per heavy atom. The van der Waals surface area contributed by atoms with Gasteiger partial charge in [0.25, 0.3) is 0 Å². The third kappa shape index (κ3) is 6.22. The first-order valence-electron chi connectivity index (χ1n) is 11.3. The summed E-state index contributed by atoms with van der Waals surface area (Å²) in [7, 11) is 0. The van der Waals surface area contributed by atoms with E-state index in [2.05, 4.69) is 20.5 Å². The van der Waals surface area contributed by atoms with Crippen molar-refractivity contribution in [2.75, 3.05) is 11.1 Å². The fraction of sp³-hybridized carbons (Fsp3) is 0.222. The molecule has 4 rings (SSSR count). The molecule has 0 spiro atoms. The van der Waals surface area contributed by atoms with Crippen LogP contribution in [0.1, 0.15) is 36.7 Å². The van der Waals surface area contributed by atoms with Crippen molar-refractivity contribution in [2.45, 2.75) is 32.5 Å². The molecule has 178 valence electrons. The smallest absolute Gasteiger partial charge is 0.229 e. The number of rotatable bonds is 8. The standard InChI is InChI=1S/C27H27N5O2S/c1-27(2,3)25(34)29-22-13-11-20(12-14-22)23(33)18-35-26-31-30-24(21-10-7-15-28-16-21)32(26)17-19-8-5-4-6-9-19/h4-16H,17-18H2,1-3H3,(H,29,34). The van der Waals surface area contributed by atoms with Gasteiger partial charge in [-0.05, 0) is 42.0 Å². The maximum absolute atomic E-state index is 12.9. The first-order valence-corrected chi connectivity index (χ1v) is 12.2. The van der Waals surface area contributed by atoms with Crippen LogP contribution in [0.2, 0.25) is 0 Å². The van der Waals surface area contributed by atoms with Crippen molar-refractivity contribution in [1.82, 2.24) is 19.7 Å². The lowest BCUT2D eigenvalue weighted by atomic mass is 9.95. The summed E-state index contributed by atoms with van der Waals surface area (Å²) in [6.45, 7) is 6.14. The Balaban J connectivity index is 1.49. The van der Waals surface area contributed by atoms with Crippen LogP contribution in [-0.2, 0) is 11.3 Å². The van der Waals surface area contributed by atoms with Gasteiger partial charge in [0.1, 0.15) is 0 Å². The number of nitrogens with one attached hydrogen (secondary N) is 1. The number of Topliss-reactive ketones (excluding diaryl/α,β-unsaturated/α-hetero) is 1. The highest BCUT2D eigenvalue weighted by Crippen LogP contribution is 2.26. The molecule has 8 heteroatoms. The molecule has 0 bridgehead atoms. The summed E-state index contributed by atoms with van der Waals surface area (Å²) in [6, 6.07) is 20.8. The van der Waals surface area contributed by atoms with E-state index < -0.39 is 5.41 Å². The fourth-order valence-electron chi connectivity index (χ4n) is 3.28. The molecule has 0 unspecified atom stereocenters. The van der Waals surface area contributed by atoms with Gasteiger partial charge in [0.05, 0.1) is 12.3 Å². The second kappa shape index (κ2) is 10.7. The average molecular weight is 486 g/mol. The molecule has 2 aromatic heterocycles. The number of nitrogens with zero attached hydrogens (tertiary/aromatic N) is 4. The van der Waals surface area contributed by atoms with E-state index >= 15 is 0 Å². The maximum Gasteiger partial charge on any atom is 0.229 e. The minimum Gasteiger partial charge on any atom is -0.326 e. The summed E-state index contributed by atoms with van der Waals surface area (Å²) in [5.41, 5.74) is 2.72. The predicted octanol–water partition coefficient (Wildman–Crippen LogP) is 5.35. The highest BCUT2D eigenvalue weighted by molar-refractivity contribution is 7.99.